The Morgan fingerprint density at radius 3 is 2.85 bits per heavy atom. The van der Waals surface area contributed by atoms with Crippen LogP contribution in [0.3, 0.4) is 0 Å². The van der Waals surface area contributed by atoms with Crippen molar-refractivity contribution in [1.82, 2.24) is 14.6 Å². The Labute approximate surface area is 165 Å². The number of piperidine rings is 1. The molecule has 0 unspecified atom stereocenters. The standard InChI is InChI=1S/C17H20BrN3O3S2/c1-12(14-6-2-3-9-19-14)20-17(22)13-5-4-10-21(11-13)26(23,24)16-8-7-15(18)25-16/h2-3,6-9,12-13H,4-5,10-11H2,1H3,(H,20,22)/t12-,13-/m0/s1. The van der Waals surface area contributed by atoms with Crippen LogP contribution in [0.5, 0.6) is 0 Å². The van der Waals surface area contributed by atoms with Gasteiger partial charge in [0.15, 0.2) is 0 Å². The van der Waals surface area contributed by atoms with Gasteiger partial charge in [0.05, 0.1) is 21.4 Å². The Hall–Kier alpha value is -1.29. The number of nitrogens with one attached hydrogen (secondary N) is 1. The minimum atomic E-state index is -3.56. The number of nitrogens with zero attached hydrogens (tertiary/aromatic N) is 2. The van der Waals surface area contributed by atoms with Crippen LogP contribution in [0.4, 0.5) is 0 Å². The van der Waals surface area contributed by atoms with E-state index < -0.39 is 10.0 Å². The highest BCUT2D eigenvalue weighted by Gasteiger charge is 2.34. The van der Waals surface area contributed by atoms with Crippen LogP contribution in [0.25, 0.3) is 0 Å². The maximum atomic E-state index is 12.8. The van der Waals surface area contributed by atoms with Crippen molar-refractivity contribution >= 4 is 43.2 Å². The Morgan fingerprint density at radius 2 is 2.19 bits per heavy atom. The topological polar surface area (TPSA) is 79.4 Å². The third-order valence-corrected chi connectivity index (χ3v) is 8.34. The molecule has 6 nitrogen and oxygen atoms in total. The fourth-order valence-electron chi connectivity index (χ4n) is 2.98. The first-order chi connectivity index (χ1) is 12.4. The molecule has 0 saturated carbocycles. The lowest BCUT2D eigenvalue weighted by molar-refractivity contribution is -0.126. The van der Waals surface area contributed by atoms with Crippen molar-refractivity contribution in [2.75, 3.05) is 13.1 Å². The van der Waals surface area contributed by atoms with E-state index in [4.69, 9.17) is 0 Å². The summed E-state index contributed by atoms with van der Waals surface area (Å²) in [7, 11) is -3.56. The van der Waals surface area contributed by atoms with Crippen molar-refractivity contribution < 1.29 is 13.2 Å². The molecule has 0 aromatic carbocycles. The summed E-state index contributed by atoms with van der Waals surface area (Å²) in [4.78, 5) is 16.9. The van der Waals surface area contributed by atoms with Gasteiger partial charge in [-0.15, -0.1) is 11.3 Å². The van der Waals surface area contributed by atoms with Gasteiger partial charge in [-0.3, -0.25) is 9.78 Å². The monoisotopic (exact) mass is 457 g/mol. The first-order valence-corrected chi connectivity index (χ1v) is 11.4. The van der Waals surface area contributed by atoms with Crippen LogP contribution in [0.1, 0.15) is 31.5 Å². The fraction of sp³-hybridized carbons (Fsp3) is 0.412. The second kappa shape index (κ2) is 8.16. The van der Waals surface area contributed by atoms with E-state index in [1.807, 2.05) is 25.1 Å². The number of thiophene rings is 1. The third-order valence-electron chi connectivity index (χ3n) is 4.39. The van der Waals surface area contributed by atoms with Gasteiger partial charge in [-0.25, -0.2) is 8.42 Å². The predicted octanol–water partition coefficient (Wildman–Crippen LogP) is 3.18. The van der Waals surface area contributed by atoms with Crippen LogP contribution in [0.15, 0.2) is 44.5 Å². The molecule has 1 aliphatic rings. The molecule has 0 spiro atoms. The molecule has 3 rings (SSSR count). The molecule has 2 aromatic rings. The average molecular weight is 458 g/mol. The minimum absolute atomic E-state index is 0.129. The minimum Gasteiger partial charge on any atom is -0.348 e. The molecule has 1 fully saturated rings. The van der Waals surface area contributed by atoms with E-state index >= 15 is 0 Å². The summed E-state index contributed by atoms with van der Waals surface area (Å²) in [6, 6.07) is 8.65. The zero-order valence-corrected chi connectivity index (χ0v) is 17.5. The van der Waals surface area contributed by atoms with E-state index in [-0.39, 0.29) is 24.4 Å². The predicted molar refractivity (Wildman–Crippen MR) is 104 cm³/mol. The zero-order valence-electron chi connectivity index (χ0n) is 14.3. The third kappa shape index (κ3) is 4.33. The van der Waals surface area contributed by atoms with Crippen LogP contribution in [-0.4, -0.2) is 36.7 Å². The number of aromatic nitrogens is 1. The Morgan fingerprint density at radius 1 is 1.38 bits per heavy atom. The van der Waals surface area contributed by atoms with Crippen LogP contribution in [0, 0.1) is 5.92 Å². The Kier molecular flexibility index (Phi) is 6.11. The van der Waals surface area contributed by atoms with E-state index in [0.717, 1.165) is 9.48 Å². The zero-order chi connectivity index (χ0) is 18.7. The van der Waals surface area contributed by atoms with Gasteiger partial charge in [0.1, 0.15) is 4.21 Å². The molecular formula is C17H20BrN3O3S2. The second-order valence-corrected chi connectivity index (χ2v) is 10.9. The molecule has 0 aliphatic carbocycles. The SMILES string of the molecule is C[C@H](NC(=O)[C@H]1CCCN(S(=O)(=O)c2ccc(Br)s2)C1)c1ccccn1. The number of rotatable bonds is 5. The van der Waals surface area contributed by atoms with Gasteiger partial charge in [-0.1, -0.05) is 6.07 Å². The molecule has 1 N–H and O–H groups in total. The molecule has 3 heterocycles. The lowest BCUT2D eigenvalue weighted by Gasteiger charge is -2.31. The summed E-state index contributed by atoms with van der Waals surface area (Å²) in [5, 5.41) is 2.95. The Bertz CT molecular complexity index is 870. The quantitative estimate of drug-likeness (QED) is 0.747. The number of pyridine rings is 1. The van der Waals surface area contributed by atoms with E-state index in [2.05, 4.69) is 26.2 Å². The summed E-state index contributed by atoms with van der Waals surface area (Å²) in [5.74, 6) is -0.483. The van der Waals surface area contributed by atoms with Crippen molar-refractivity contribution in [2.45, 2.75) is 30.0 Å². The number of hydrogen-bond acceptors (Lipinski definition) is 5. The summed E-state index contributed by atoms with van der Waals surface area (Å²) in [6.07, 6.45) is 3.04. The maximum Gasteiger partial charge on any atom is 0.252 e. The van der Waals surface area contributed by atoms with Crippen LogP contribution in [0.2, 0.25) is 0 Å². The van der Waals surface area contributed by atoms with Gasteiger partial charge in [0, 0.05) is 19.3 Å². The summed E-state index contributed by atoms with van der Waals surface area (Å²) < 4.78 is 28.1. The largest absolute Gasteiger partial charge is 0.348 e. The molecule has 0 bridgehead atoms. The Balaban J connectivity index is 1.67. The number of sulfonamides is 1. The summed E-state index contributed by atoms with van der Waals surface area (Å²) in [6.45, 7) is 2.52. The summed E-state index contributed by atoms with van der Waals surface area (Å²) in [5.41, 5.74) is 0.782. The highest BCUT2D eigenvalue weighted by atomic mass is 79.9. The second-order valence-electron chi connectivity index (χ2n) is 6.25. The molecule has 1 amide bonds. The van der Waals surface area contributed by atoms with Gasteiger partial charge in [-0.2, -0.15) is 4.31 Å². The van der Waals surface area contributed by atoms with Crippen molar-refractivity contribution in [3.63, 3.8) is 0 Å². The molecule has 140 valence electrons. The van der Waals surface area contributed by atoms with Crippen molar-refractivity contribution in [3.05, 3.63) is 46.0 Å². The number of carbonyl (C=O) groups excluding carboxylic acids is 1. The van der Waals surface area contributed by atoms with E-state index in [9.17, 15) is 13.2 Å². The van der Waals surface area contributed by atoms with Crippen molar-refractivity contribution in [3.8, 4) is 0 Å². The molecule has 26 heavy (non-hydrogen) atoms. The fourth-order valence-corrected chi connectivity index (χ4v) is 6.66. The number of hydrogen-bond donors (Lipinski definition) is 1. The van der Waals surface area contributed by atoms with Crippen LogP contribution in [-0.2, 0) is 14.8 Å². The van der Waals surface area contributed by atoms with E-state index in [0.29, 0.717) is 23.6 Å². The molecule has 2 atom stereocenters. The molecule has 2 aromatic heterocycles. The molecule has 0 radical (unpaired) electrons. The maximum absolute atomic E-state index is 12.8. The number of carbonyl (C=O) groups is 1. The van der Waals surface area contributed by atoms with Gasteiger partial charge < -0.3 is 5.32 Å². The van der Waals surface area contributed by atoms with E-state index in [1.54, 1.807) is 18.3 Å². The van der Waals surface area contributed by atoms with Gasteiger partial charge >= 0.3 is 0 Å². The first kappa shape index (κ1) is 19.5. The number of halogens is 1. The number of amides is 1. The lowest BCUT2D eigenvalue weighted by atomic mass is 9.98. The lowest BCUT2D eigenvalue weighted by Crippen LogP contribution is -2.45. The molecular weight excluding hydrogens is 438 g/mol. The smallest absolute Gasteiger partial charge is 0.252 e. The van der Waals surface area contributed by atoms with E-state index in [1.165, 1.54) is 15.6 Å². The normalized spacial score (nSPS) is 19.8. The highest BCUT2D eigenvalue weighted by molar-refractivity contribution is 9.11. The van der Waals surface area contributed by atoms with Crippen LogP contribution < -0.4 is 5.32 Å². The highest BCUT2D eigenvalue weighted by Crippen LogP contribution is 2.31. The van der Waals surface area contributed by atoms with Gasteiger partial charge in [0.2, 0.25) is 5.91 Å². The molecule has 9 heteroatoms. The van der Waals surface area contributed by atoms with Crippen LogP contribution >= 0.6 is 27.3 Å². The summed E-state index contributed by atoms with van der Waals surface area (Å²) >= 11 is 4.48. The average Bonchev–Trinajstić information content (AvgIpc) is 3.10. The van der Waals surface area contributed by atoms with Crippen molar-refractivity contribution in [2.24, 2.45) is 5.92 Å². The first-order valence-electron chi connectivity index (χ1n) is 8.34. The van der Waals surface area contributed by atoms with Gasteiger partial charge in [0.25, 0.3) is 10.0 Å². The molecule has 1 aliphatic heterocycles. The van der Waals surface area contributed by atoms with Gasteiger partial charge in [-0.05, 0) is 60.0 Å². The van der Waals surface area contributed by atoms with Crippen molar-refractivity contribution in [1.29, 1.82) is 0 Å². The molecule has 1 saturated heterocycles.